The molecule has 0 saturated heterocycles. The molecule has 0 saturated carbocycles. The van der Waals surface area contributed by atoms with Crippen LogP contribution in [0.4, 0.5) is 0 Å². The van der Waals surface area contributed by atoms with Gasteiger partial charge >= 0.3 is 5.97 Å². The lowest BCUT2D eigenvalue weighted by molar-refractivity contribution is -0.137. The molecule has 3 rings (SSSR count). The van der Waals surface area contributed by atoms with Gasteiger partial charge in [-0.3, -0.25) is 14.3 Å². The van der Waals surface area contributed by atoms with Crippen LogP contribution in [0.5, 0.6) is 0 Å². The van der Waals surface area contributed by atoms with E-state index < -0.39 is 5.97 Å². The molecule has 0 bridgehead atoms. The summed E-state index contributed by atoms with van der Waals surface area (Å²) in [6, 6.07) is 9.97. The first-order chi connectivity index (χ1) is 12.0. The smallest absolute Gasteiger partial charge is 0.303 e. The molecule has 0 unspecified atom stereocenters. The monoisotopic (exact) mass is 359 g/mol. The van der Waals surface area contributed by atoms with Crippen molar-refractivity contribution in [1.82, 2.24) is 14.7 Å². The van der Waals surface area contributed by atoms with E-state index in [4.69, 9.17) is 5.11 Å². The van der Waals surface area contributed by atoms with E-state index in [9.17, 15) is 9.59 Å². The van der Waals surface area contributed by atoms with Gasteiger partial charge in [0, 0.05) is 17.9 Å². The molecule has 1 aliphatic rings. The van der Waals surface area contributed by atoms with E-state index in [1.54, 1.807) is 11.8 Å². The van der Waals surface area contributed by atoms with Gasteiger partial charge in [0.25, 0.3) is 0 Å². The topological polar surface area (TPSA) is 75.4 Å². The number of fused-ring (bicyclic) bond motifs is 1. The number of nitrogens with zero attached hydrogens (tertiary/aromatic N) is 3. The van der Waals surface area contributed by atoms with Crippen LogP contribution < -0.4 is 0 Å². The minimum atomic E-state index is -0.823. The Morgan fingerprint density at radius 3 is 2.84 bits per heavy atom. The maximum absolute atomic E-state index is 12.5. The van der Waals surface area contributed by atoms with E-state index in [0.717, 1.165) is 16.3 Å². The van der Waals surface area contributed by atoms with Crippen molar-refractivity contribution in [2.45, 2.75) is 37.8 Å². The molecule has 25 heavy (non-hydrogen) atoms. The van der Waals surface area contributed by atoms with Crippen molar-refractivity contribution in [2.24, 2.45) is 0 Å². The van der Waals surface area contributed by atoms with Gasteiger partial charge in [0.05, 0.1) is 36.7 Å². The lowest BCUT2D eigenvalue weighted by Crippen LogP contribution is -2.39. The van der Waals surface area contributed by atoms with Crippen LogP contribution in [-0.2, 0) is 29.1 Å². The van der Waals surface area contributed by atoms with Crippen molar-refractivity contribution in [1.29, 1.82) is 0 Å². The van der Waals surface area contributed by atoms with Crippen molar-refractivity contribution in [3.8, 4) is 0 Å². The lowest BCUT2D eigenvalue weighted by Gasteiger charge is -2.27. The SMILES string of the molecule is Cc1ccccc1SCC(=O)N1CCn2nc(CCC(=O)O)cc2C1. The fourth-order valence-corrected chi connectivity index (χ4v) is 3.78. The van der Waals surface area contributed by atoms with Crippen molar-refractivity contribution < 1.29 is 14.7 Å². The van der Waals surface area contributed by atoms with Crippen molar-refractivity contribution >= 4 is 23.6 Å². The summed E-state index contributed by atoms with van der Waals surface area (Å²) in [4.78, 5) is 26.2. The number of hydrogen-bond donors (Lipinski definition) is 1. The van der Waals surface area contributed by atoms with Crippen LogP contribution in [-0.4, -0.2) is 44.0 Å². The Kier molecular flexibility index (Phi) is 5.43. The normalized spacial score (nSPS) is 13.6. The van der Waals surface area contributed by atoms with Crippen LogP contribution in [0.25, 0.3) is 0 Å². The van der Waals surface area contributed by atoms with Gasteiger partial charge in [-0.1, -0.05) is 18.2 Å². The largest absolute Gasteiger partial charge is 0.481 e. The van der Waals surface area contributed by atoms with Crippen LogP contribution in [0.3, 0.4) is 0 Å². The molecular weight excluding hydrogens is 338 g/mol. The Bertz CT molecular complexity index is 788. The van der Waals surface area contributed by atoms with Gasteiger partial charge in [-0.15, -0.1) is 11.8 Å². The molecule has 6 nitrogen and oxygen atoms in total. The third-order valence-electron chi connectivity index (χ3n) is 4.24. The number of aliphatic carboxylic acids is 1. The van der Waals surface area contributed by atoms with Crippen molar-refractivity contribution in [3.05, 3.63) is 47.3 Å². The summed E-state index contributed by atoms with van der Waals surface area (Å²) in [6.07, 6.45) is 0.499. The summed E-state index contributed by atoms with van der Waals surface area (Å²) in [7, 11) is 0. The Hall–Kier alpha value is -2.28. The molecule has 0 radical (unpaired) electrons. The van der Waals surface area contributed by atoms with E-state index in [-0.39, 0.29) is 12.3 Å². The second-order valence-corrected chi connectivity index (χ2v) is 7.13. The average molecular weight is 359 g/mol. The van der Waals surface area contributed by atoms with Crippen molar-refractivity contribution in [2.75, 3.05) is 12.3 Å². The standard InChI is InChI=1S/C18H21N3O3S/c1-13-4-2-3-5-16(13)25-12-17(22)20-8-9-21-15(11-20)10-14(19-21)6-7-18(23)24/h2-5,10H,6-9,11-12H2,1H3,(H,23,24). The Morgan fingerprint density at radius 1 is 1.28 bits per heavy atom. The predicted molar refractivity (Wildman–Crippen MR) is 95.5 cm³/mol. The summed E-state index contributed by atoms with van der Waals surface area (Å²) in [5.74, 6) is -0.283. The highest BCUT2D eigenvalue weighted by Gasteiger charge is 2.22. The van der Waals surface area contributed by atoms with E-state index in [1.807, 2.05) is 46.8 Å². The predicted octanol–water partition coefficient (Wildman–Crippen LogP) is 2.34. The molecule has 1 aromatic heterocycles. The minimum absolute atomic E-state index is 0.0756. The van der Waals surface area contributed by atoms with Crippen LogP contribution in [0.1, 0.15) is 23.4 Å². The second kappa shape index (κ2) is 7.74. The van der Waals surface area contributed by atoms with E-state index in [2.05, 4.69) is 5.10 Å². The maximum atomic E-state index is 12.5. The Balaban J connectivity index is 1.57. The van der Waals surface area contributed by atoms with Gasteiger partial charge in [0.1, 0.15) is 0 Å². The van der Waals surface area contributed by atoms with Crippen LogP contribution in [0.15, 0.2) is 35.2 Å². The quantitative estimate of drug-likeness (QED) is 0.801. The van der Waals surface area contributed by atoms with Gasteiger partial charge in [0.2, 0.25) is 5.91 Å². The summed E-state index contributed by atoms with van der Waals surface area (Å²) >= 11 is 1.57. The number of amides is 1. The number of thioether (sulfide) groups is 1. The Morgan fingerprint density at radius 2 is 2.08 bits per heavy atom. The number of hydrogen-bond acceptors (Lipinski definition) is 4. The molecule has 1 aliphatic heterocycles. The molecule has 132 valence electrons. The van der Waals surface area contributed by atoms with Gasteiger partial charge in [-0.25, -0.2) is 0 Å². The molecule has 1 amide bonds. The summed E-state index contributed by atoms with van der Waals surface area (Å²) in [6.45, 7) is 3.88. The van der Waals surface area contributed by atoms with E-state index in [0.29, 0.717) is 31.8 Å². The number of rotatable bonds is 6. The maximum Gasteiger partial charge on any atom is 0.303 e. The van der Waals surface area contributed by atoms with E-state index >= 15 is 0 Å². The van der Waals surface area contributed by atoms with Gasteiger partial charge in [-0.2, -0.15) is 5.10 Å². The fourth-order valence-electron chi connectivity index (χ4n) is 2.85. The van der Waals surface area contributed by atoms with Crippen LogP contribution in [0, 0.1) is 6.92 Å². The minimum Gasteiger partial charge on any atom is -0.481 e. The molecule has 2 aromatic rings. The number of aromatic nitrogens is 2. The van der Waals surface area contributed by atoms with Crippen LogP contribution in [0.2, 0.25) is 0 Å². The molecule has 1 N–H and O–H groups in total. The highest BCUT2D eigenvalue weighted by molar-refractivity contribution is 8.00. The molecule has 1 aromatic carbocycles. The number of benzene rings is 1. The molecule has 0 atom stereocenters. The Labute approximate surface area is 150 Å². The zero-order valence-corrected chi connectivity index (χ0v) is 15.0. The molecule has 2 heterocycles. The molecular formula is C18H21N3O3S. The number of carbonyl (C=O) groups excluding carboxylic acids is 1. The molecule has 0 aliphatic carbocycles. The first kappa shape index (κ1) is 17.5. The van der Waals surface area contributed by atoms with Gasteiger partial charge in [0.15, 0.2) is 0 Å². The zero-order valence-electron chi connectivity index (χ0n) is 14.1. The van der Waals surface area contributed by atoms with E-state index in [1.165, 1.54) is 5.56 Å². The highest BCUT2D eigenvalue weighted by atomic mass is 32.2. The van der Waals surface area contributed by atoms with Crippen LogP contribution >= 0.6 is 11.8 Å². The first-order valence-corrected chi connectivity index (χ1v) is 9.25. The lowest BCUT2D eigenvalue weighted by atomic mass is 10.2. The number of carbonyl (C=O) groups is 2. The molecule has 0 fully saturated rings. The third kappa shape index (κ3) is 4.42. The number of carboxylic acids is 1. The van der Waals surface area contributed by atoms with Gasteiger partial charge in [-0.05, 0) is 24.6 Å². The summed E-state index contributed by atoms with van der Waals surface area (Å²) in [5, 5.41) is 13.2. The third-order valence-corrected chi connectivity index (χ3v) is 5.40. The van der Waals surface area contributed by atoms with Gasteiger partial charge < -0.3 is 10.0 Å². The summed E-state index contributed by atoms with van der Waals surface area (Å²) in [5.41, 5.74) is 2.93. The first-order valence-electron chi connectivity index (χ1n) is 8.26. The highest BCUT2D eigenvalue weighted by Crippen LogP contribution is 2.23. The number of carboxylic acid groups (broad SMARTS) is 1. The second-order valence-electron chi connectivity index (χ2n) is 6.11. The summed E-state index contributed by atoms with van der Waals surface area (Å²) < 4.78 is 1.88. The fraction of sp³-hybridized carbons (Fsp3) is 0.389. The molecule has 0 spiro atoms. The zero-order chi connectivity index (χ0) is 17.8. The molecule has 7 heteroatoms. The average Bonchev–Trinajstić information content (AvgIpc) is 3.01. The number of aryl methyl sites for hydroxylation is 2. The van der Waals surface area contributed by atoms with Crippen molar-refractivity contribution in [3.63, 3.8) is 0 Å².